The maximum Gasteiger partial charge on any atom is 0.219 e. The summed E-state index contributed by atoms with van der Waals surface area (Å²) >= 11 is 0. The second-order valence-electron chi connectivity index (χ2n) is 6.06. The Bertz CT molecular complexity index is 678. The molecule has 1 amide bonds. The van der Waals surface area contributed by atoms with E-state index in [-0.39, 0.29) is 42.5 Å². The molecular weight excluding hydrogens is 454 g/mol. The summed E-state index contributed by atoms with van der Waals surface area (Å²) in [5.41, 5.74) is 1.45. The van der Waals surface area contributed by atoms with Gasteiger partial charge < -0.3 is 24.6 Å². The van der Waals surface area contributed by atoms with Crippen molar-refractivity contribution in [2.45, 2.75) is 20.1 Å². The zero-order valence-electron chi connectivity index (χ0n) is 15.0. The molecule has 2 heterocycles. The number of halogens is 2. The van der Waals surface area contributed by atoms with Crippen LogP contribution in [0.4, 0.5) is 4.39 Å². The highest BCUT2D eigenvalue weighted by atomic mass is 127. The molecule has 0 atom stereocenters. The van der Waals surface area contributed by atoms with Gasteiger partial charge in [-0.3, -0.25) is 9.79 Å². The standard InChI is InChI=1S/C17H23FN4O3.HI/c1-12(23)21-3-5-22(6-4-21)17(19-2)20-9-13-7-15(18)8-14-10-24-11-25-16(13)14;/h7-8H,3-6,9-11H2,1-2H3,(H,19,20);1H. The first kappa shape index (κ1) is 20.7. The molecular formula is C17H24FIN4O3. The van der Waals surface area contributed by atoms with Gasteiger partial charge in [-0.1, -0.05) is 0 Å². The monoisotopic (exact) mass is 478 g/mol. The van der Waals surface area contributed by atoms with E-state index in [1.807, 2.05) is 4.90 Å². The van der Waals surface area contributed by atoms with E-state index in [1.165, 1.54) is 12.1 Å². The van der Waals surface area contributed by atoms with Gasteiger partial charge in [-0.05, 0) is 12.1 Å². The number of carbonyl (C=O) groups excluding carboxylic acids is 1. The van der Waals surface area contributed by atoms with Gasteiger partial charge in [0.15, 0.2) is 12.8 Å². The lowest BCUT2D eigenvalue weighted by molar-refractivity contribution is -0.130. The maximum absolute atomic E-state index is 13.8. The van der Waals surface area contributed by atoms with E-state index < -0.39 is 0 Å². The quantitative estimate of drug-likeness (QED) is 0.397. The summed E-state index contributed by atoms with van der Waals surface area (Å²) < 4.78 is 24.6. The average Bonchev–Trinajstić information content (AvgIpc) is 2.62. The van der Waals surface area contributed by atoms with Gasteiger partial charge in [-0.15, -0.1) is 24.0 Å². The molecule has 144 valence electrons. The van der Waals surface area contributed by atoms with Gasteiger partial charge in [0.25, 0.3) is 0 Å². The van der Waals surface area contributed by atoms with Gasteiger partial charge in [0.1, 0.15) is 11.6 Å². The molecule has 1 aromatic carbocycles. The minimum Gasteiger partial charge on any atom is -0.467 e. The highest BCUT2D eigenvalue weighted by Gasteiger charge is 2.22. The van der Waals surface area contributed by atoms with E-state index in [4.69, 9.17) is 9.47 Å². The fourth-order valence-corrected chi connectivity index (χ4v) is 3.13. The summed E-state index contributed by atoms with van der Waals surface area (Å²) in [4.78, 5) is 19.6. The predicted molar refractivity (Wildman–Crippen MR) is 106 cm³/mol. The minimum absolute atomic E-state index is 0. The van der Waals surface area contributed by atoms with Crippen LogP contribution in [0, 0.1) is 5.82 Å². The summed E-state index contributed by atoms with van der Waals surface area (Å²) in [6, 6.07) is 2.91. The first-order valence-electron chi connectivity index (χ1n) is 8.31. The minimum atomic E-state index is -0.310. The highest BCUT2D eigenvalue weighted by Crippen LogP contribution is 2.29. The number of nitrogens with one attached hydrogen (secondary N) is 1. The molecule has 0 aromatic heterocycles. The van der Waals surface area contributed by atoms with Crippen LogP contribution in [-0.2, 0) is 22.7 Å². The van der Waals surface area contributed by atoms with E-state index in [9.17, 15) is 9.18 Å². The fraction of sp³-hybridized carbons (Fsp3) is 0.529. The van der Waals surface area contributed by atoms with Crippen LogP contribution < -0.4 is 10.1 Å². The molecule has 2 aliphatic rings. The number of benzene rings is 1. The Labute approximate surface area is 169 Å². The number of ether oxygens (including phenoxy) is 2. The first-order valence-corrected chi connectivity index (χ1v) is 8.31. The normalized spacial score (nSPS) is 17.1. The largest absolute Gasteiger partial charge is 0.467 e. The molecule has 1 N–H and O–H groups in total. The van der Waals surface area contributed by atoms with Crippen LogP contribution in [0.15, 0.2) is 17.1 Å². The fourth-order valence-electron chi connectivity index (χ4n) is 3.13. The van der Waals surface area contributed by atoms with Crippen molar-refractivity contribution in [3.8, 4) is 5.75 Å². The molecule has 2 aliphatic heterocycles. The lowest BCUT2D eigenvalue weighted by Crippen LogP contribution is -2.53. The Morgan fingerprint density at radius 3 is 2.62 bits per heavy atom. The smallest absolute Gasteiger partial charge is 0.219 e. The number of aliphatic imine (C=N–C) groups is 1. The van der Waals surface area contributed by atoms with Gasteiger partial charge in [0.2, 0.25) is 5.91 Å². The predicted octanol–water partition coefficient (Wildman–Crippen LogP) is 1.55. The Balaban J connectivity index is 0.00000243. The molecule has 0 saturated carbocycles. The highest BCUT2D eigenvalue weighted by molar-refractivity contribution is 14.0. The van der Waals surface area contributed by atoms with Crippen LogP contribution in [0.3, 0.4) is 0 Å². The second kappa shape index (κ2) is 9.36. The van der Waals surface area contributed by atoms with Gasteiger partial charge >= 0.3 is 0 Å². The number of hydrogen-bond acceptors (Lipinski definition) is 4. The van der Waals surface area contributed by atoms with Crippen molar-refractivity contribution in [2.24, 2.45) is 4.99 Å². The lowest BCUT2D eigenvalue weighted by Gasteiger charge is -2.36. The van der Waals surface area contributed by atoms with Gasteiger partial charge in [-0.2, -0.15) is 0 Å². The molecule has 0 radical (unpaired) electrons. The summed E-state index contributed by atoms with van der Waals surface area (Å²) in [6.45, 7) is 5.28. The molecule has 0 unspecified atom stereocenters. The molecule has 1 saturated heterocycles. The average molecular weight is 478 g/mol. The van der Waals surface area contributed by atoms with E-state index in [2.05, 4.69) is 15.2 Å². The molecule has 9 heteroatoms. The number of nitrogens with zero attached hydrogens (tertiary/aromatic N) is 3. The Morgan fingerprint density at radius 1 is 1.27 bits per heavy atom. The zero-order valence-corrected chi connectivity index (χ0v) is 17.3. The molecule has 1 aromatic rings. The molecule has 26 heavy (non-hydrogen) atoms. The molecule has 7 nitrogen and oxygen atoms in total. The van der Waals surface area contributed by atoms with Gasteiger partial charge in [0, 0.05) is 57.8 Å². The van der Waals surface area contributed by atoms with Crippen molar-refractivity contribution < 1.29 is 18.7 Å². The van der Waals surface area contributed by atoms with Crippen molar-refractivity contribution in [1.29, 1.82) is 0 Å². The number of rotatable bonds is 2. The third-order valence-electron chi connectivity index (χ3n) is 4.42. The number of amides is 1. The zero-order chi connectivity index (χ0) is 17.8. The van der Waals surface area contributed by atoms with E-state index in [1.54, 1.807) is 14.0 Å². The maximum atomic E-state index is 13.8. The lowest BCUT2D eigenvalue weighted by atomic mass is 10.1. The second-order valence-corrected chi connectivity index (χ2v) is 6.06. The van der Waals surface area contributed by atoms with Gasteiger partial charge in [0.05, 0.1) is 6.61 Å². The summed E-state index contributed by atoms with van der Waals surface area (Å²) in [5, 5.41) is 3.26. The molecule has 0 bridgehead atoms. The Kier molecular flexibility index (Phi) is 7.44. The van der Waals surface area contributed by atoms with Gasteiger partial charge in [-0.25, -0.2) is 4.39 Å². The number of hydrogen-bond donors (Lipinski definition) is 1. The number of guanidine groups is 1. The van der Waals surface area contributed by atoms with Crippen LogP contribution in [-0.4, -0.2) is 61.7 Å². The summed E-state index contributed by atoms with van der Waals surface area (Å²) in [7, 11) is 1.71. The third-order valence-corrected chi connectivity index (χ3v) is 4.42. The van der Waals surface area contributed by atoms with E-state index >= 15 is 0 Å². The van der Waals surface area contributed by atoms with E-state index in [0.717, 1.165) is 11.5 Å². The Morgan fingerprint density at radius 2 is 1.96 bits per heavy atom. The molecule has 0 spiro atoms. The number of carbonyl (C=O) groups is 1. The van der Waals surface area contributed by atoms with Crippen molar-refractivity contribution in [3.05, 3.63) is 29.1 Å². The van der Waals surface area contributed by atoms with Crippen LogP contribution in [0.5, 0.6) is 5.75 Å². The van der Waals surface area contributed by atoms with Crippen molar-refractivity contribution in [2.75, 3.05) is 40.0 Å². The van der Waals surface area contributed by atoms with Crippen molar-refractivity contribution in [1.82, 2.24) is 15.1 Å². The van der Waals surface area contributed by atoms with E-state index in [0.29, 0.717) is 50.6 Å². The van der Waals surface area contributed by atoms with Crippen LogP contribution >= 0.6 is 24.0 Å². The third kappa shape index (κ3) is 4.76. The number of piperazine rings is 1. The Hall–Kier alpha value is -1.62. The topological polar surface area (TPSA) is 66.4 Å². The summed E-state index contributed by atoms with van der Waals surface area (Å²) in [5.74, 6) is 1.19. The van der Waals surface area contributed by atoms with Crippen LogP contribution in [0.1, 0.15) is 18.1 Å². The number of fused-ring (bicyclic) bond motifs is 1. The van der Waals surface area contributed by atoms with Crippen molar-refractivity contribution in [3.63, 3.8) is 0 Å². The van der Waals surface area contributed by atoms with Crippen LogP contribution in [0.25, 0.3) is 0 Å². The van der Waals surface area contributed by atoms with Crippen molar-refractivity contribution >= 4 is 35.8 Å². The first-order chi connectivity index (χ1) is 12.1. The van der Waals surface area contributed by atoms with Crippen LogP contribution in [0.2, 0.25) is 0 Å². The molecule has 3 rings (SSSR count). The molecule has 0 aliphatic carbocycles. The summed E-state index contributed by atoms with van der Waals surface area (Å²) in [6.07, 6.45) is 0. The SMILES string of the molecule is CN=C(NCc1cc(F)cc2c1OCOC2)N1CCN(C(C)=O)CC1.I. The molecule has 1 fully saturated rings.